The number of nitrogens with two attached hydrogens (primary N) is 1. The number of rotatable bonds is 7. The maximum atomic E-state index is 12.1. The average Bonchev–Trinajstić information content (AvgIpc) is 2.64. The van der Waals surface area contributed by atoms with Gasteiger partial charge in [0, 0.05) is 6.42 Å². The van der Waals surface area contributed by atoms with E-state index in [1.54, 1.807) is 0 Å². The Bertz CT molecular complexity index is 602. The number of amides is 1. The third-order valence-corrected chi connectivity index (χ3v) is 4.34. The number of hydrogen-bond donors (Lipinski definition) is 4. The number of nitrogens with zero attached hydrogens (tertiary/aromatic N) is 1. The number of carboxylic acid groups (broad SMARTS) is 1. The maximum absolute atomic E-state index is 12.1. The number of hydrogen-bond acceptors (Lipinski definition) is 5. The molecule has 1 atom stereocenters. The van der Waals surface area contributed by atoms with E-state index in [2.05, 4.69) is 10.2 Å². The van der Waals surface area contributed by atoms with Crippen LogP contribution in [-0.4, -0.2) is 41.6 Å². The lowest BCUT2D eigenvalue weighted by atomic mass is 10.2. The zero-order valence-electron chi connectivity index (χ0n) is 11.0. The lowest BCUT2D eigenvalue weighted by Gasteiger charge is -2.14. The Labute approximate surface area is 115 Å². The van der Waals surface area contributed by atoms with Gasteiger partial charge in [-0.25, -0.2) is 8.42 Å². The second-order valence-corrected chi connectivity index (χ2v) is 5.93. The molecular formula is C10H16N4O5S. The monoisotopic (exact) mass is 304 g/mol. The predicted octanol–water partition coefficient (Wildman–Crippen LogP) is -0.976. The topological polar surface area (TPSA) is 155 Å². The fourth-order valence-corrected chi connectivity index (χ4v) is 3.30. The van der Waals surface area contributed by atoms with E-state index in [1.165, 1.54) is 13.8 Å². The van der Waals surface area contributed by atoms with Crippen molar-refractivity contribution in [1.82, 2.24) is 14.9 Å². The molecule has 10 heteroatoms. The molecule has 1 rings (SSSR count). The summed E-state index contributed by atoms with van der Waals surface area (Å²) in [5, 5.41) is 15.2. The third kappa shape index (κ3) is 3.78. The number of carbonyl (C=O) groups excluding carboxylic acids is 1. The molecule has 0 aliphatic carbocycles. The molecule has 0 saturated carbocycles. The quantitative estimate of drug-likeness (QED) is 0.507. The first-order valence-corrected chi connectivity index (χ1v) is 7.18. The van der Waals surface area contributed by atoms with E-state index < -0.39 is 27.9 Å². The number of aryl methyl sites for hydroxylation is 2. The van der Waals surface area contributed by atoms with Crippen LogP contribution in [0.2, 0.25) is 0 Å². The maximum Gasteiger partial charge on any atom is 0.321 e. The summed E-state index contributed by atoms with van der Waals surface area (Å²) in [6.45, 7) is 2.99. The molecule has 0 unspecified atom stereocenters. The number of primary amides is 1. The van der Waals surface area contributed by atoms with Gasteiger partial charge < -0.3 is 10.8 Å². The summed E-state index contributed by atoms with van der Waals surface area (Å²) in [7, 11) is -4.05. The summed E-state index contributed by atoms with van der Waals surface area (Å²) in [5.74, 6) is -2.08. The van der Waals surface area contributed by atoms with Gasteiger partial charge in [0.1, 0.15) is 10.9 Å². The summed E-state index contributed by atoms with van der Waals surface area (Å²) in [6.07, 6.45) is -0.456. The largest absolute Gasteiger partial charge is 0.480 e. The average molecular weight is 304 g/mol. The molecule has 0 bridgehead atoms. The molecule has 0 aromatic carbocycles. The molecule has 0 fully saturated rings. The number of carboxylic acids is 1. The fourth-order valence-electron chi connectivity index (χ4n) is 1.70. The number of carbonyl (C=O) groups is 2. The van der Waals surface area contributed by atoms with Gasteiger partial charge in [-0.15, -0.1) is 0 Å². The zero-order chi connectivity index (χ0) is 15.5. The van der Waals surface area contributed by atoms with Gasteiger partial charge in [0.15, 0.2) is 0 Å². The summed E-state index contributed by atoms with van der Waals surface area (Å²) in [6, 6.07) is -1.43. The molecule has 0 spiro atoms. The first-order chi connectivity index (χ1) is 9.15. The number of aliphatic carboxylic acids is 1. The highest BCUT2D eigenvalue weighted by Gasteiger charge is 2.29. The molecule has 1 heterocycles. The molecule has 0 aliphatic heterocycles. The van der Waals surface area contributed by atoms with E-state index in [0.717, 1.165) is 0 Å². The van der Waals surface area contributed by atoms with Gasteiger partial charge in [-0.3, -0.25) is 14.7 Å². The van der Waals surface area contributed by atoms with Crippen LogP contribution < -0.4 is 10.5 Å². The Hall–Kier alpha value is -1.94. The van der Waals surface area contributed by atoms with Crippen molar-refractivity contribution in [3.8, 4) is 0 Å². The van der Waals surface area contributed by atoms with Crippen LogP contribution in [0.1, 0.15) is 24.2 Å². The van der Waals surface area contributed by atoms with Crippen LogP contribution >= 0.6 is 0 Å². The van der Waals surface area contributed by atoms with Crippen LogP contribution in [0, 0.1) is 13.8 Å². The minimum atomic E-state index is -4.05. The van der Waals surface area contributed by atoms with Crippen molar-refractivity contribution in [2.75, 3.05) is 0 Å². The van der Waals surface area contributed by atoms with Crippen LogP contribution in [0.5, 0.6) is 0 Å². The number of sulfonamides is 1. The minimum Gasteiger partial charge on any atom is -0.480 e. The molecule has 1 aromatic heterocycles. The number of aromatic nitrogens is 2. The Morgan fingerprint density at radius 1 is 1.45 bits per heavy atom. The van der Waals surface area contributed by atoms with Crippen molar-refractivity contribution in [2.45, 2.75) is 37.6 Å². The Balaban J connectivity index is 2.98. The Morgan fingerprint density at radius 2 is 2.05 bits per heavy atom. The van der Waals surface area contributed by atoms with Crippen molar-refractivity contribution in [1.29, 1.82) is 0 Å². The molecular weight excluding hydrogens is 288 g/mol. The molecule has 0 saturated heterocycles. The molecule has 20 heavy (non-hydrogen) atoms. The van der Waals surface area contributed by atoms with E-state index in [9.17, 15) is 18.0 Å². The van der Waals surface area contributed by atoms with E-state index in [4.69, 9.17) is 10.8 Å². The predicted molar refractivity (Wildman–Crippen MR) is 68.2 cm³/mol. The molecule has 1 amide bonds. The minimum absolute atomic E-state index is 0.0946. The lowest BCUT2D eigenvalue weighted by molar-refractivity contribution is -0.139. The van der Waals surface area contributed by atoms with Gasteiger partial charge >= 0.3 is 5.97 Å². The second kappa shape index (κ2) is 6.01. The number of aromatic amines is 1. The molecule has 0 radical (unpaired) electrons. The van der Waals surface area contributed by atoms with Crippen LogP contribution in [-0.2, 0) is 19.6 Å². The summed E-state index contributed by atoms with van der Waals surface area (Å²) >= 11 is 0. The van der Waals surface area contributed by atoms with Gasteiger partial charge in [0.25, 0.3) is 0 Å². The third-order valence-electron chi connectivity index (χ3n) is 2.60. The highest BCUT2D eigenvalue weighted by molar-refractivity contribution is 7.89. The second-order valence-electron chi connectivity index (χ2n) is 4.28. The van der Waals surface area contributed by atoms with Gasteiger partial charge in [0.2, 0.25) is 15.9 Å². The van der Waals surface area contributed by atoms with Crippen LogP contribution in [0.4, 0.5) is 0 Å². The van der Waals surface area contributed by atoms with E-state index in [0.29, 0.717) is 5.69 Å². The first kappa shape index (κ1) is 16.1. The van der Waals surface area contributed by atoms with Crippen molar-refractivity contribution in [3.05, 3.63) is 11.4 Å². The zero-order valence-corrected chi connectivity index (χ0v) is 11.8. The van der Waals surface area contributed by atoms with Crippen molar-refractivity contribution in [3.63, 3.8) is 0 Å². The van der Waals surface area contributed by atoms with Crippen molar-refractivity contribution in [2.24, 2.45) is 5.73 Å². The summed E-state index contributed by atoms with van der Waals surface area (Å²) < 4.78 is 26.3. The Morgan fingerprint density at radius 3 is 2.45 bits per heavy atom. The van der Waals surface area contributed by atoms with Gasteiger partial charge in [0.05, 0.1) is 11.4 Å². The van der Waals surface area contributed by atoms with Gasteiger partial charge in [-0.1, -0.05) is 0 Å². The standard InChI is InChI=1S/C10H16N4O5S/c1-5-9(6(2)13-12-5)20(18,19)14-7(10(16)17)3-4-8(11)15/h7,14H,3-4H2,1-2H3,(H2,11,15)(H,12,13)(H,16,17)/t7-/m0/s1. The van der Waals surface area contributed by atoms with E-state index in [1.807, 2.05) is 4.72 Å². The van der Waals surface area contributed by atoms with Crippen LogP contribution in [0.25, 0.3) is 0 Å². The molecule has 5 N–H and O–H groups in total. The highest BCUT2D eigenvalue weighted by Crippen LogP contribution is 2.17. The lowest BCUT2D eigenvalue weighted by Crippen LogP contribution is -2.41. The number of H-pyrrole nitrogens is 1. The van der Waals surface area contributed by atoms with Gasteiger partial charge in [-0.05, 0) is 20.3 Å². The first-order valence-electron chi connectivity index (χ1n) is 5.70. The summed E-state index contributed by atoms with van der Waals surface area (Å²) in [4.78, 5) is 21.6. The van der Waals surface area contributed by atoms with Crippen molar-refractivity contribution < 1.29 is 23.1 Å². The van der Waals surface area contributed by atoms with Gasteiger partial charge in [-0.2, -0.15) is 9.82 Å². The fraction of sp³-hybridized carbons (Fsp3) is 0.500. The SMILES string of the molecule is Cc1n[nH]c(C)c1S(=O)(=O)N[C@@H](CCC(N)=O)C(=O)O. The molecule has 0 aliphatic rings. The molecule has 112 valence electrons. The van der Waals surface area contributed by atoms with Crippen LogP contribution in [0.3, 0.4) is 0 Å². The number of nitrogens with one attached hydrogen (secondary N) is 2. The highest BCUT2D eigenvalue weighted by atomic mass is 32.2. The van der Waals surface area contributed by atoms with Crippen LogP contribution in [0.15, 0.2) is 4.90 Å². The normalized spacial score (nSPS) is 13.1. The van der Waals surface area contributed by atoms with Crippen molar-refractivity contribution >= 4 is 21.9 Å². The Kier molecular flexibility index (Phi) is 4.84. The molecule has 9 nitrogen and oxygen atoms in total. The van der Waals surface area contributed by atoms with E-state index >= 15 is 0 Å². The smallest absolute Gasteiger partial charge is 0.321 e. The summed E-state index contributed by atoms with van der Waals surface area (Å²) in [5.41, 5.74) is 5.45. The molecule has 1 aromatic rings. The van der Waals surface area contributed by atoms with E-state index in [-0.39, 0.29) is 23.4 Å².